The molecule has 0 aromatic carbocycles. The highest BCUT2D eigenvalue weighted by atomic mass is 35.5. The van der Waals surface area contributed by atoms with Crippen molar-refractivity contribution in [2.75, 3.05) is 7.11 Å². The molecule has 0 aliphatic rings. The van der Waals surface area contributed by atoms with E-state index in [0.717, 1.165) is 16.3 Å². The first kappa shape index (κ1) is 19.1. The van der Waals surface area contributed by atoms with Crippen LogP contribution in [0.5, 0.6) is 11.8 Å². The van der Waals surface area contributed by atoms with Crippen LogP contribution in [0.15, 0.2) is 50.1 Å². The molecule has 1 N–H and O–H groups in total. The van der Waals surface area contributed by atoms with Crippen LogP contribution >= 0.6 is 23.2 Å². The molecule has 0 radical (unpaired) electrons. The van der Waals surface area contributed by atoms with Crippen molar-refractivity contribution in [1.82, 2.24) is 15.0 Å². The van der Waals surface area contributed by atoms with Crippen molar-refractivity contribution >= 4 is 56.5 Å². The highest BCUT2D eigenvalue weighted by Crippen LogP contribution is 2.32. The second-order valence-electron chi connectivity index (χ2n) is 6.22. The van der Waals surface area contributed by atoms with Crippen molar-refractivity contribution in [3.05, 3.63) is 71.5 Å². The smallest absolute Gasteiger partial charge is 0.281 e. The fraction of sp³-hybridized carbons (Fsp3) is 0.0476. The van der Waals surface area contributed by atoms with Crippen LogP contribution in [-0.2, 0) is 0 Å². The first-order valence-electron chi connectivity index (χ1n) is 8.47. The standard InChI is InChI=1S/C21H14Cl2N4O2/c1-4-12-7-25-20(28)17-10-27(19(23)6-13(12)17)11(2)15-8-26-21(29-3)16-9-24-18(22)5-14(15)16/h4-10H,1-2H2,3H3/p+1. The van der Waals surface area contributed by atoms with Gasteiger partial charge in [-0.25, -0.2) is 15.0 Å². The van der Waals surface area contributed by atoms with Crippen LogP contribution < -0.4 is 9.30 Å². The van der Waals surface area contributed by atoms with Gasteiger partial charge in [0, 0.05) is 41.0 Å². The summed E-state index contributed by atoms with van der Waals surface area (Å²) in [4.78, 5) is 12.5. The Labute approximate surface area is 176 Å². The third-order valence-corrected chi connectivity index (χ3v) is 5.13. The van der Waals surface area contributed by atoms with Gasteiger partial charge in [-0.2, -0.15) is 0 Å². The minimum atomic E-state index is -0.117. The molecule has 29 heavy (non-hydrogen) atoms. The minimum absolute atomic E-state index is 0.117. The van der Waals surface area contributed by atoms with Gasteiger partial charge in [0.05, 0.1) is 18.1 Å². The van der Waals surface area contributed by atoms with Gasteiger partial charge in [-0.3, -0.25) is 0 Å². The number of aromatic nitrogens is 4. The highest BCUT2D eigenvalue weighted by Gasteiger charge is 2.23. The third kappa shape index (κ3) is 3.16. The second-order valence-corrected chi connectivity index (χ2v) is 6.99. The molecule has 0 amide bonds. The van der Waals surface area contributed by atoms with E-state index in [0.29, 0.717) is 38.2 Å². The molecular weight excluding hydrogens is 411 g/mol. The van der Waals surface area contributed by atoms with E-state index >= 15 is 0 Å². The van der Waals surface area contributed by atoms with Gasteiger partial charge in [0.15, 0.2) is 6.20 Å². The summed E-state index contributed by atoms with van der Waals surface area (Å²) in [5.41, 5.74) is 1.97. The maximum absolute atomic E-state index is 10.2. The lowest BCUT2D eigenvalue weighted by Crippen LogP contribution is -2.33. The number of hydrogen-bond donors (Lipinski definition) is 1. The molecule has 0 saturated carbocycles. The summed E-state index contributed by atoms with van der Waals surface area (Å²) in [7, 11) is 1.53. The van der Waals surface area contributed by atoms with E-state index in [-0.39, 0.29) is 5.88 Å². The molecule has 6 nitrogen and oxygen atoms in total. The molecule has 0 bridgehead atoms. The van der Waals surface area contributed by atoms with Crippen molar-refractivity contribution in [3.63, 3.8) is 0 Å². The van der Waals surface area contributed by atoms with E-state index in [1.54, 1.807) is 41.4 Å². The Balaban J connectivity index is 1.97. The van der Waals surface area contributed by atoms with E-state index in [4.69, 9.17) is 27.9 Å². The highest BCUT2D eigenvalue weighted by molar-refractivity contribution is 6.30. The van der Waals surface area contributed by atoms with Gasteiger partial charge >= 0.3 is 0 Å². The Morgan fingerprint density at radius 1 is 1.07 bits per heavy atom. The second kappa shape index (κ2) is 7.31. The first-order chi connectivity index (χ1) is 13.9. The van der Waals surface area contributed by atoms with Gasteiger partial charge in [-0.15, -0.1) is 4.57 Å². The average molecular weight is 426 g/mol. The maximum Gasteiger partial charge on any atom is 0.281 e. The number of ether oxygens (including phenoxy) is 1. The summed E-state index contributed by atoms with van der Waals surface area (Å²) >= 11 is 12.7. The molecule has 4 aromatic rings. The van der Waals surface area contributed by atoms with E-state index in [1.165, 1.54) is 13.3 Å². The van der Waals surface area contributed by atoms with Gasteiger partial charge < -0.3 is 9.84 Å². The molecule has 0 fully saturated rings. The van der Waals surface area contributed by atoms with Crippen LogP contribution in [0.25, 0.3) is 33.3 Å². The fourth-order valence-corrected chi connectivity index (χ4v) is 3.61. The van der Waals surface area contributed by atoms with Gasteiger partial charge in [0.1, 0.15) is 10.5 Å². The number of aromatic hydroxyl groups is 1. The quantitative estimate of drug-likeness (QED) is 0.380. The maximum atomic E-state index is 10.2. The van der Waals surface area contributed by atoms with Crippen LogP contribution in [0, 0.1) is 0 Å². The lowest BCUT2D eigenvalue weighted by Gasteiger charge is -2.10. The van der Waals surface area contributed by atoms with Gasteiger partial charge in [-0.1, -0.05) is 24.3 Å². The first-order valence-corrected chi connectivity index (χ1v) is 9.23. The van der Waals surface area contributed by atoms with Gasteiger partial charge in [-0.05, 0) is 24.2 Å². The molecule has 0 aliphatic heterocycles. The Kier molecular flexibility index (Phi) is 4.82. The van der Waals surface area contributed by atoms with Crippen molar-refractivity contribution in [2.24, 2.45) is 0 Å². The number of rotatable bonds is 4. The number of halogens is 2. The Hall–Kier alpha value is -3.22. The molecule has 0 unspecified atom stereocenters. The summed E-state index contributed by atoms with van der Waals surface area (Å²) in [6, 6.07) is 3.44. The fourth-order valence-electron chi connectivity index (χ4n) is 3.19. The predicted molar refractivity (Wildman–Crippen MR) is 114 cm³/mol. The molecule has 144 valence electrons. The molecule has 0 saturated heterocycles. The normalized spacial score (nSPS) is 11.0. The van der Waals surface area contributed by atoms with E-state index in [2.05, 4.69) is 28.1 Å². The summed E-state index contributed by atoms with van der Waals surface area (Å²) < 4.78 is 6.97. The number of pyridine rings is 4. The van der Waals surface area contributed by atoms with Crippen molar-refractivity contribution in [1.29, 1.82) is 0 Å². The van der Waals surface area contributed by atoms with Crippen molar-refractivity contribution < 1.29 is 14.4 Å². The van der Waals surface area contributed by atoms with Crippen LogP contribution in [0.2, 0.25) is 10.3 Å². The largest absolute Gasteiger partial charge is 0.493 e. The third-order valence-electron chi connectivity index (χ3n) is 4.64. The Morgan fingerprint density at radius 2 is 1.86 bits per heavy atom. The Morgan fingerprint density at radius 3 is 2.59 bits per heavy atom. The molecule has 0 aliphatic carbocycles. The van der Waals surface area contributed by atoms with E-state index < -0.39 is 0 Å². The number of fused-ring (bicyclic) bond motifs is 2. The molecule has 4 rings (SSSR count). The molecule has 0 atom stereocenters. The molecule has 0 spiro atoms. The minimum Gasteiger partial charge on any atom is -0.493 e. The summed E-state index contributed by atoms with van der Waals surface area (Å²) in [5.74, 6) is 0.307. The number of methoxy groups -OCH3 is 1. The van der Waals surface area contributed by atoms with E-state index in [1.807, 2.05) is 0 Å². The Bertz CT molecular complexity index is 1320. The molecule has 4 heterocycles. The van der Waals surface area contributed by atoms with Gasteiger partial charge in [0.25, 0.3) is 5.15 Å². The SMILES string of the molecule is C=Cc1cnc(O)c2c[n+](C(=C)c3cnc(OC)c4cnc(Cl)cc34)c(Cl)cc12. The topological polar surface area (TPSA) is 72.0 Å². The molecule has 4 aromatic heterocycles. The number of hydrogen-bond acceptors (Lipinski definition) is 5. The van der Waals surface area contributed by atoms with Crippen molar-refractivity contribution in [3.8, 4) is 11.8 Å². The molecular formula is C21H15Cl2N4O2+. The zero-order valence-electron chi connectivity index (χ0n) is 15.4. The predicted octanol–water partition coefficient (Wildman–Crippen LogP) is 4.65. The molecule has 8 heteroatoms. The lowest BCUT2D eigenvalue weighted by atomic mass is 10.1. The zero-order valence-corrected chi connectivity index (χ0v) is 16.9. The van der Waals surface area contributed by atoms with Crippen LogP contribution in [-0.4, -0.2) is 27.2 Å². The van der Waals surface area contributed by atoms with Crippen LogP contribution in [0.1, 0.15) is 11.1 Å². The van der Waals surface area contributed by atoms with Crippen LogP contribution in [0.3, 0.4) is 0 Å². The summed E-state index contributed by atoms with van der Waals surface area (Å²) in [5, 5.41) is 13.6. The van der Waals surface area contributed by atoms with Crippen LogP contribution in [0.4, 0.5) is 0 Å². The monoisotopic (exact) mass is 425 g/mol. The summed E-state index contributed by atoms with van der Waals surface area (Å²) in [6.45, 7) is 7.96. The average Bonchev–Trinajstić information content (AvgIpc) is 2.72. The summed E-state index contributed by atoms with van der Waals surface area (Å²) in [6.07, 6.45) is 8.09. The number of nitrogens with zero attached hydrogens (tertiary/aromatic N) is 4. The van der Waals surface area contributed by atoms with Crippen molar-refractivity contribution in [2.45, 2.75) is 0 Å². The zero-order chi connectivity index (χ0) is 20.7. The van der Waals surface area contributed by atoms with Gasteiger partial charge in [0.2, 0.25) is 17.5 Å². The van der Waals surface area contributed by atoms with E-state index in [9.17, 15) is 5.11 Å². The lowest BCUT2D eigenvalue weighted by molar-refractivity contribution is -0.574.